The van der Waals surface area contributed by atoms with Crippen molar-refractivity contribution in [2.24, 2.45) is 11.8 Å². The first-order chi connectivity index (χ1) is 12.1. The summed E-state index contributed by atoms with van der Waals surface area (Å²) in [5.41, 5.74) is 1.85. The van der Waals surface area contributed by atoms with Crippen LogP contribution >= 0.6 is 0 Å². The van der Waals surface area contributed by atoms with Gasteiger partial charge in [0, 0.05) is 24.7 Å². The first-order valence-electron chi connectivity index (χ1n) is 8.98. The van der Waals surface area contributed by atoms with E-state index >= 15 is 0 Å². The molecule has 0 aromatic carbocycles. The maximum atomic E-state index is 12.3. The summed E-state index contributed by atoms with van der Waals surface area (Å²) in [6.07, 6.45) is 1.59. The van der Waals surface area contributed by atoms with E-state index in [4.69, 9.17) is 9.47 Å². The van der Waals surface area contributed by atoms with Crippen LogP contribution in [0.3, 0.4) is 0 Å². The van der Waals surface area contributed by atoms with Crippen LogP contribution in [0.25, 0.3) is 0 Å². The number of aliphatic hydroxyl groups excluding tert-OH is 1. The highest BCUT2D eigenvalue weighted by Gasteiger charge is 2.54. The number of aliphatic hydroxyl groups is 2. The number of carbonyl (C=O) groups is 2. The van der Waals surface area contributed by atoms with Gasteiger partial charge in [-0.05, 0) is 32.4 Å². The fraction of sp³-hybridized carbons (Fsp3) is 0.600. The van der Waals surface area contributed by atoms with Crippen LogP contribution in [0.5, 0.6) is 0 Å². The summed E-state index contributed by atoms with van der Waals surface area (Å²) in [5.74, 6) is -3.72. The summed E-state index contributed by atoms with van der Waals surface area (Å²) in [7, 11) is 0. The molecule has 6 heteroatoms. The summed E-state index contributed by atoms with van der Waals surface area (Å²) >= 11 is 0. The number of esters is 1. The second kappa shape index (κ2) is 6.76. The lowest BCUT2D eigenvalue weighted by Gasteiger charge is -2.48. The fourth-order valence-electron chi connectivity index (χ4n) is 4.07. The number of allylic oxidation sites excluding steroid dienone is 1. The fourth-order valence-corrected chi connectivity index (χ4v) is 4.07. The van der Waals surface area contributed by atoms with E-state index in [9.17, 15) is 19.8 Å². The molecular formula is C20H26O6. The minimum atomic E-state index is -1.96. The van der Waals surface area contributed by atoms with Crippen LogP contribution in [-0.2, 0) is 19.1 Å². The molecule has 0 spiro atoms. The van der Waals surface area contributed by atoms with Gasteiger partial charge in [0.2, 0.25) is 0 Å². The Labute approximate surface area is 153 Å². The van der Waals surface area contributed by atoms with Gasteiger partial charge in [-0.1, -0.05) is 24.6 Å². The first-order valence-corrected chi connectivity index (χ1v) is 8.98. The highest BCUT2D eigenvalue weighted by atomic mass is 16.6. The number of rotatable bonds is 1. The van der Waals surface area contributed by atoms with Crippen molar-refractivity contribution >= 4 is 11.8 Å². The normalized spacial score (nSPS) is 40.7. The lowest BCUT2D eigenvalue weighted by atomic mass is 9.76. The van der Waals surface area contributed by atoms with Crippen LogP contribution in [0.15, 0.2) is 35.5 Å². The van der Waals surface area contributed by atoms with Crippen LogP contribution in [-0.4, -0.2) is 46.1 Å². The third-order valence-electron chi connectivity index (χ3n) is 5.59. The monoisotopic (exact) mass is 362 g/mol. The van der Waals surface area contributed by atoms with Crippen molar-refractivity contribution < 1.29 is 29.3 Å². The minimum Gasteiger partial charge on any atom is -0.454 e. The average molecular weight is 362 g/mol. The maximum absolute atomic E-state index is 12.3. The molecule has 0 aromatic rings. The minimum absolute atomic E-state index is 0.0268. The van der Waals surface area contributed by atoms with Crippen molar-refractivity contribution in [1.82, 2.24) is 0 Å². The molecule has 0 aromatic heterocycles. The van der Waals surface area contributed by atoms with Gasteiger partial charge in [0.1, 0.15) is 12.2 Å². The smallest absolute Gasteiger partial charge is 0.337 e. The van der Waals surface area contributed by atoms with E-state index < -0.39 is 41.9 Å². The van der Waals surface area contributed by atoms with Gasteiger partial charge in [-0.2, -0.15) is 0 Å². The number of ether oxygens (including phenoxy) is 2. The second-order valence-electron chi connectivity index (χ2n) is 7.82. The number of ketones is 1. The zero-order valence-electron chi connectivity index (χ0n) is 15.4. The molecule has 1 fully saturated rings. The Balaban J connectivity index is 2.07. The molecule has 1 saturated heterocycles. The molecule has 6 atom stereocenters. The topological polar surface area (TPSA) is 93.1 Å². The van der Waals surface area contributed by atoms with Crippen molar-refractivity contribution in [3.63, 3.8) is 0 Å². The van der Waals surface area contributed by atoms with Gasteiger partial charge in [0.25, 0.3) is 0 Å². The molecule has 2 N–H and O–H groups in total. The Morgan fingerprint density at radius 1 is 1.35 bits per heavy atom. The second-order valence-corrected chi connectivity index (χ2v) is 7.82. The van der Waals surface area contributed by atoms with Gasteiger partial charge in [-0.25, -0.2) is 4.79 Å². The molecule has 0 radical (unpaired) electrons. The molecule has 3 rings (SSSR count). The molecular weight excluding hydrogens is 336 g/mol. The third kappa shape index (κ3) is 3.29. The van der Waals surface area contributed by atoms with Crippen molar-refractivity contribution in [2.75, 3.05) is 0 Å². The SMILES string of the molecule is C=C(C)C1CC2OC(O)(C(C)CC(=O)C=C(C)CC3C=C2C(=O)O3)C1O. The van der Waals surface area contributed by atoms with Crippen LogP contribution in [0.2, 0.25) is 0 Å². The highest BCUT2D eigenvalue weighted by molar-refractivity contribution is 5.92. The van der Waals surface area contributed by atoms with Crippen LogP contribution in [0.4, 0.5) is 0 Å². The Bertz CT molecular complexity index is 705. The predicted octanol–water partition coefficient (Wildman–Crippen LogP) is 1.81. The highest BCUT2D eigenvalue weighted by Crippen LogP contribution is 2.43. The van der Waals surface area contributed by atoms with Crippen molar-refractivity contribution in [3.05, 3.63) is 35.5 Å². The Kier molecular flexibility index (Phi) is 4.94. The zero-order chi connectivity index (χ0) is 19.2. The lowest BCUT2D eigenvalue weighted by molar-refractivity contribution is -0.325. The van der Waals surface area contributed by atoms with Gasteiger partial charge in [0.15, 0.2) is 11.6 Å². The summed E-state index contributed by atoms with van der Waals surface area (Å²) < 4.78 is 11.2. The summed E-state index contributed by atoms with van der Waals surface area (Å²) in [6, 6.07) is 0. The van der Waals surface area contributed by atoms with Crippen LogP contribution in [0.1, 0.15) is 40.0 Å². The lowest BCUT2D eigenvalue weighted by Crippen LogP contribution is -2.60. The molecule has 0 amide bonds. The van der Waals surface area contributed by atoms with Crippen molar-refractivity contribution in [3.8, 4) is 0 Å². The summed E-state index contributed by atoms with van der Waals surface area (Å²) in [5, 5.41) is 21.9. The van der Waals surface area contributed by atoms with E-state index in [0.29, 0.717) is 24.0 Å². The molecule has 142 valence electrons. The summed E-state index contributed by atoms with van der Waals surface area (Å²) in [4.78, 5) is 24.7. The number of carbonyl (C=O) groups excluding carboxylic acids is 2. The Hall–Kier alpha value is -1.76. The third-order valence-corrected chi connectivity index (χ3v) is 5.59. The van der Waals surface area contributed by atoms with Crippen molar-refractivity contribution in [1.29, 1.82) is 0 Å². The van der Waals surface area contributed by atoms with E-state index in [-0.39, 0.29) is 12.2 Å². The number of hydrogen-bond acceptors (Lipinski definition) is 6. The largest absolute Gasteiger partial charge is 0.454 e. The van der Waals surface area contributed by atoms with Crippen LogP contribution in [0, 0.1) is 11.8 Å². The van der Waals surface area contributed by atoms with Crippen molar-refractivity contribution in [2.45, 2.75) is 64.1 Å². The summed E-state index contributed by atoms with van der Waals surface area (Å²) in [6.45, 7) is 9.15. The van der Waals surface area contributed by atoms with Gasteiger partial charge in [-0.15, -0.1) is 0 Å². The number of fused-ring (bicyclic) bond motifs is 4. The number of hydrogen-bond donors (Lipinski definition) is 2. The van der Waals surface area contributed by atoms with E-state index in [1.54, 1.807) is 19.9 Å². The van der Waals surface area contributed by atoms with E-state index in [0.717, 1.165) is 5.57 Å². The van der Waals surface area contributed by atoms with Crippen LogP contribution < -0.4 is 0 Å². The molecule has 0 saturated carbocycles. The van der Waals surface area contributed by atoms with Gasteiger partial charge >= 0.3 is 5.97 Å². The molecule has 3 heterocycles. The quantitative estimate of drug-likeness (QED) is 0.546. The molecule has 26 heavy (non-hydrogen) atoms. The average Bonchev–Trinajstić information content (AvgIpc) is 2.88. The molecule has 3 aliphatic rings. The van der Waals surface area contributed by atoms with E-state index in [1.807, 2.05) is 6.92 Å². The molecule has 4 bridgehead atoms. The van der Waals surface area contributed by atoms with Gasteiger partial charge < -0.3 is 19.7 Å². The Morgan fingerprint density at radius 3 is 2.69 bits per heavy atom. The van der Waals surface area contributed by atoms with Gasteiger partial charge in [-0.3, -0.25) is 4.79 Å². The van der Waals surface area contributed by atoms with E-state index in [2.05, 4.69) is 6.58 Å². The maximum Gasteiger partial charge on any atom is 0.337 e. The molecule has 0 aliphatic carbocycles. The molecule has 6 unspecified atom stereocenters. The standard InChI is InChI=1S/C20H26O6/c1-10(2)15-9-17-16-8-14(25-19(16)23)6-11(3)5-13(21)7-12(4)20(24,26-17)18(15)22/h5,8,12,14-15,17-18,22,24H,1,6-7,9H2,2-4H3. The molecule has 3 aliphatic heterocycles. The Morgan fingerprint density at radius 2 is 2.04 bits per heavy atom. The van der Waals surface area contributed by atoms with Gasteiger partial charge in [0.05, 0.1) is 11.7 Å². The zero-order valence-corrected chi connectivity index (χ0v) is 15.4. The first kappa shape index (κ1) is 19.0. The molecule has 6 nitrogen and oxygen atoms in total. The van der Waals surface area contributed by atoms with E-state index in [1.165, 1.54) is 6.08 Å². The predicted molar refractivity (Wildman–Crippen MR) is 93.9 cm³/mol.